The quantitative estimate of drug-likeness (QED) is 0.464. The van der Waals surface area contributed by atoms with Crippen LogP contribution in [0.25, 0.3) is 0 Å². The van der Waals surface area contributed by atoms with Gasteiger partial charge in [-0.1, -0.05) is 0 Å². The number of nitriles is 1. The molecule has 0 aromatic rings. The topological polar surface area (TPSA) is 37.9 Å². The van der Waals surface area contributed by atoms with E-state index >= 15 is 0 Å². The Morgan fingerprint density at radius 1 is 1.56 bits per heavy atom. The molecule has 1 radical (unpaired) electrons. The Bertz CT molecular complexity index is 157. The second-order valence-electron chi connectivity index (χ2n) is 3.09. The maximum absolute atomic E-state index is 8.64. The van der Waals surface area contributed by atoms with Crippen LogP contribution in [0.5, 0.6) is 0 Å². The van der Waals surface area contributed by atoms with E-state index in [-0.39, 0.29) is 5.54 Å². The first kappa shape index (κ1) is 5.25. The lowest BCUT2D eigenvalue weighted by atomic mass is 9.65. The van der Waals surface area contributed by atoms with Gasteiger partial charge in [-0.05, 0) is 25.2 Å². The number of hydrogen-bond donors (Lipinski definition) is 0. The van der Waals surface area contributed by atoms with Crippen LogP contribution in [0.1, 0.15) is 19.3 Å². The van der Waals surface area contributed by atoms with Crippen LogP contribution >= 0.6 is 0 Å². The molecule has 0 aromatic heterocycles. The van der Waals surface area contributed by atoms with Gasteiger partial charge in [-0.2, -0.15) is 5.26 Å². The molecule has 1 aliphatic carbocycles. The summed E-state index contributed by atoms with van der Waals surface area (Å²) in [6.07, 6.45) is 3.32. The highest BCUT2D eigenvalue weighted by molar-refractivity contribution is 5.17. The summed E-state index contributed by atoms with van der Waals surface area (Å²) in [4.78, 5) is 0. The summed E-state index contributed by atoms with van der Waals surface area (Å²) >= 11 is 0. The van der Waals surface area contributed by atoms with Crippen LogP contribution in [0.2, 0.25) is 0 Å². The minimum atomic E-state index is -0.205. The van der Waals surface area contributed by atoms with Crippen molar-refractivity contribution < 1.29 is 0 Å². The van der Waals surface area contributed by atoms with Crippen LogP contribution in [-0.4, -0.2) is 12.1 Å². The van der Waals surface area contributed by atoms with Gasteiger partial charge in [-0.25, -0.2) is 5.32 Å². The molecule has 47 valence electrons. The highest BCUT2D eigenvalue weighted by Gasteiger charge is 2.48. The molecule has 3 fully saturated rings. The Morgan fingerprint density at radius 2 is 2.33 bits per heavy atom. The van der Waals surface area contributed by atoms with E-state index in [1.807, 2.05) is 0 Å². The lowest BCUT2D eigenvalue weighted by Gasteiger charge is -2.46. The van der Waals surface area contributed by atoms with Crippen molar-refractivity contribution in [2.24, 2.45) is 5.92 Å². The Labute approximate surface area is 54.9 Å². The first-order chi connectivity index (χ1) is 4.35. The van der Waals surface area contributed by atoms with E-state index in [1.165, 1.54) is 6.42 Å². The highest BCUT2D eigenvalue weighted by atomic mass is 15.0. The van der Waals surface area contributed by atoms with Crippen molar-refractivity contribution in [3.8, 4) is 6.07 Å². The van der Waals surface area contributed by atoms with Crippen LogP contribution in [0.3, 0.4) is 0 Å². The zero-order chi connectivity index (χ0) is 6.32. The molecule has 2 bridgehead atoms. The van der Waals surface area contributed by atoms with Crippen molar-refractivity contribution in [3.63, 3.8) is 0 Å². The number of nitrogens with zero attached hydrogens (tertiary/aromatic N) is 2. The molecule has 0 unspecified atom stereocenters. The van der Waals surface area contributed by atoms with Gasteiger partial charge >= 0.3 is 0 Å². The van der Waals surface area contributed by atoms with E-state index in [2.05, 4.69) is 11.4 Å². The van der Waals surface area contributed by atoms with Crippen molar-refractivity contribution in [2.75, 3.05) is 6.54 Å². The minimum Gasteiger partial charge on any atom is -0.220 e. The van der Waals surface area contributed by atoms with Crippen LogP contribution in [0, 0.1) is 17.2 Å². The van der Waals surface area contributed by atoms with Gasteiger partial charge in [0.05, 0.1) is 6.07 Å². The molecular formula is C7H9N2. The van der Waals surface area contributed by atoms with Gasteiger partial charge in [0.1, 0.15) is 5.54 Å². The fourth-order valence-electron chi connectivity index (χ4n) is 1.82. The Balaban J connectivity index is 2.12. The van der Waals surface area contributed by atoms with Gasteiger partial charge in [-0.15, -0.1) is 0 Å². The fourth-order valence-corrected chi connectivity index (χ4v) is 1.82. The average molecular weight is 121 g/mol. The van der Waals surface area contributed by atoms with Gasteiger partial charge in [0, 0.05) is 6.54 Å². The van der Waals surface area contributed by atoms with Crippen LogP contribution in [-0.2, 0) is 0 Å². The summed E-state index contributed by atoms with van der Waals surface area (Å²) in [6.45, 7) is 0.929. The van der Waals surface area contributed by atoms with Gasteiger partial charge in [0.15, 0.2) is 0 Å². The maximum Gasteiger partial charge on any atom is 0.122 e. The molecule has 9 heavy (non-hydrogen) atoms. The van der Waals surface area contributed by atoms with E-state index < -0.39 is 0 Å². The smallest absolute Gasteiger partial charge is 0.122 e. The lowest BCUT2D eigenvalue weighted by Crippen LogP contribution is -2.55. The monoisotopic (exact) mass is 121 g/mol. The maximum atomic E-state index is 8.64. The third kappa shape index (κ3) is 0.585. The van der Waals surface area contributed by atoms with Gasteiger partial charge in [0.25, 0.3) is 0 Å². The SMILES string of the molecule is N#CC12CC(CC[N]1)C2. The second-order valence-corrected chi connectivity index (χ2v) is 3.09. The molecule has 2 saturated heterocycles. The molecule has 0 atom stereocenters. The van der Waals surface area contributed by atoms with Gasteiger partial charge < -0.3 is 0 Å². The van der Waals surface area contributed by atoms with Gasteiger partial charge in [0.2, 0.25) is 0 Å². The van der Waals surface area contributed by atoms with Crippen molar-refractivity contribution >= 4 is 0 Å². The minimum absolute atomic E-state index is 0.205. The number of hydrogen-bond acceptors (Lipinski definition) is 1. The third-order valence-corrected chi connectivity index (χ3v) is 2.41. The molecule has 2 heterocycles. The van der Waals surface area contributed by atoms with E-state index in [1.54, 1.807) is 0 Å². The standard InChI is InChI=1S/C7H9N2/c8-5-7-3-6(4-7)1-2-9-7/h6H,1-4H2. The average Bonchev–Trinajstić information content (AvgIpc) is 1.88. The highest BCUT2D eigenvalue weighted by Crippen LogP contribution is 2.43. The molecular weight excluding hydrogens is 112 g/mol. The molecule has 0 amide bonds. The predicted molar refractivity (Wildman–Crippen MR) is 32.7 cm³/mol. The number of rotatable bonds is 0. The number of piperidine rings is 2. The molecule has 0 spiro atoms. The molecule has 2 nitrogen and oxygen atoms in total. The number of fused-ring (bicyclic) bond motifs is 2. The normalized spacial score (nSPS) is 47.2. The summed E-state index contributed by atoms with van der Waals surface area (Å²) in [5, 5.41) is 12.9. The van der Waals surface area contributed by atoms with Crippen molar-refractivity contribution in [2.45, 2.75) is 24.8 Å². The molecule has 3 aliphatic rings. The summed E-state index contributed by atoms with van der Waals surface area (Å²) in [5.41, 5.74) is -0.205. The van der Waals surface area contributed by atoms with Crippen molar-refractivity contribution in [1.82, 2.24) is 5.32 Å². The summed E-state index contributed by atoms with van der Waals surface area (Å²) in [7, 11) is 0. The molecule has 1 saturated carbocycles. The zero-order valence-electron chi connectivity index (χ0n) is 5.30. The molecule has 0 aromatic carbocycles. The fraction of sp³-hybridized carbons (Fsp3) is 0.857. The first-order valence-electron chi connectivity index (χ1n) is 3.45. The summed E-state index contributed by atoms with van der Waals surface area (Å²) in [6, 6.07) is 2.28. The van der Waals surface area contributed by atoms with Crippen LogP contribution < -0.4 is 5.32 Å². The van der Waals surface area contributed by atoms with E-state index in [0.717, 1.165) is 25.3 Å². The van der Waals surface area contributed by atoms with E-state index in [9.17, 15) is 0 Å². The van der Waals surface area contributed by atoms with Gasteiger partial charge in [-0.3, -0.25) is 0 Å². The van der Waals surface area contributed by atoms with E-state index in [4.69, 9.17) is 5.26 Å². The largest absolute Gasteiger partial charge is 0.220 e. The zero-order valence-corrected chi connectivity index (χ0v) is 5.30. The van der Waals surface area contributed by atoms with Crippen LogP contribution in [0.15, 0.2) is 0 Å². The third-order valence-electron chi connectivity index (χ3n) is 2.41. The predicted octanol–water partition coefficient (Wildman–Crippen LogP) is 0.667. The Kier molecular flexibility index (Phi) is 0.866. The van der Waals surface area contributed by atoms with Crippen LogP contribution in [0.4, 0.5) is 0 Å². The Hall–Kier alpha value is -0.550. The van der Waals surface area contributed by atoms with Crippen molar-refractivity contribution in [3.05, 3.63) is 0 Å². The molecule has 3 rings (SSSR count). The van der Waals surface area contributed by atoms with E-state index in [0.29, 0.717) is 0 Å². The molecule has 2 aliphatic heterocycles. The Morgan fingerprint density at radius 3 is 2.67 bits per heavy atom. The summed E-state index contributed by atoms with van der Waals surface area (Å²) < 4.78 is 0. The van der Waals surface area contributed by atoms with Crippen molar-refractivity contribution in [1.29, 1.82) is 5.26 Å². The summed E-state index contributed by atoms with van der Waals surface area (Å²) in [5.74, 6) is 0.835. The first-order valence-corrected chi connectivity index (χ1v) is 3.45. The molecule has 0 N–H and O–H groups in total. The second kappa shape index (κ2) is 1.48. The molecule has 2 heteroatoms. The lowest BCUT2D eigenvalue weighted by molar-refractivity contribution is 0.0959.